The molecule has 8 heteroatoms. The molecule has 0 radical (unpaired) electrons. The third kappa shape index (κ3) is 8.95. The van der Waals surface area contributed by atoms with E-state index in [1.54, 1.807) is 24.3 Å². The third-order valence-corrected chi connectivity index (χ3v) is 9.64. The van der Waals surface area contributed by atoms with Gasteiger partial charge >= 0.3 is 6.11 Å². The molecule has 0 bridgehead atoms. The first-order valence-electron chi connectivity index (χ1n) is 16.4. The zero-order chi connectivity index (χ0) is 33.4. The Morgan fingerprint density at radius 1 is 0.717 bits per heavy atom. The van der Waals surface area contributed by atoms with E-state index in [0.29, 0.717) is 17.7 Å². The van der Waals surface area contributed by atoms with Crippen LogP contribution >= 0.6 is 0 Å². The molecule has 3 aromatic rings. The van der Waals surface area contributed by atoms with E-state index in [9.17, 15) is 30.7 Å². The zero-order valence-corrected chi connectivity index (χ0v) is 26.5. The molecule has 2 saturated carbocycles. The second-order valence-corrected chi connectivity index (χ2v) is 12.7. The van der Waals surface area contributed by atoms with Gasteiger partial charge in [0, 0.05) is 12.1 Å². The van der Waals surface area contributed by atoms with Crippen LogP contribution in [0.3, 0.4) is 0 Å². The van der Waals surface area contributed by atoms with Crippen LogP contribution in [0.5, 0.6) is 5.75 Å². The maximum Gasteiger partial charge on any atom is 0.432 e. The summed E-state index contributed by atoms with van der Waals surface area (Å²) >= 11 is 0. The van der Waals surface area contributed by atoms with Gasteiger partial charge in [0.1, 0.15) is 22.9 Å². The Morgan fingerprint density at radius 2 is 1.24 bits per heavy atom. The van der Waals surface area contributed by atoms with Crippen molar-refractivity contribution in [3.05, 3.63) is 101 Å². The highest BCUT2D eigenvalue weighted by atomic mass is 19.3. The molecule has 0 spiro atoms. The first-order chi connectivity index (χ1) is 21.9. The summed E-state index contributed by atoms with van der Waals surface area (Å²) in [5.74, 6) is -5.79. The summed E-state index contributed by atoms with van der Waals surface area (Å²) in [6, 6.07) is 8.32. The van der Waals surface area contributed by atoms with Crippen LogP contribution in [0.2, 0.25) is 0 Å². The third-order valence-electron chi connectivity index (χ3n) is 9.64. The maximum atomic E-state index is 14.4. The highest BCUT2D eigenvalue weighted by molar-refractivity contribution is 5.64. The summed E-state index contributed by atoms with van der Waals surface area (Å²) in [7, 11) is 0. The molecule has 0 unspecified atom stereocenters. The van der Waals surface area contributed by atoms with Gasteiger partial charge in [0.15, 0.2) is 17.5 Å². The van der Waals surface area contributed by atoms with Crippen molar-refractivity contribution < 1.29 is 35.5 Å². The molecule has 1 nitrogen and oxygen atoms in total. The van der Waals surface area contributed by atoms with Crippen molar-refractivity contribution in [2.45, 2.75) is 90.6 Å². The summed E-state index contributed by atoms with van der Waals surface area (Å²) in [4.78, 5) is 0. The number of alkyl halides is 2. The number of hydrogen-bond donors (Lipinski definition) is 0. The van der Waals surface area contributed by atoms with Crippen LogP contribution in [0.25, 0.3) is 11.1 Å². The van der Waals surface area contributed by atoms with Crippen molar-refractivity contribution in [1.82, 2.24) is 0 Å². The standard InChI is InChI=1S/C21H13F7O.C17H30/c1-2-11-3-5-12(6-4-11)13-7-15(22)19(16(23)8-13)21(27,28)29-14-9-17(24)20(26)18(25)10-14;1-3-5-15-8-12-17(13-9-15)16-10-6-14(4-2)7-11-16/h3-10H,2H2,1H3;4,14-17H,2-3,5-13H2,1H3. The van der Waals surface area contributed by atoms with Crippen LogP contribution in [0.4, 0.5) is 30.7 Å². The number of hydrogen-bond acceptors (Lipinski definition) is 1. The molecular weight excluding hydrogens is 605 g/mol. The summed E-state index contributed by atoms with van der Waals surface area (Å²) < 4.78 is 101. The van der Waals surface area contributed by atoms with Crippen LogP contribution in [0.1, 0.15) is 89.2 Å². The number of benzene rings is 3. The van der Waals surface area contributed by atoms with Crippen LogP contribution in [-0.4, -0.2) is 0 Å². The lowest BCUT2D eigenvalue weighted by Gasteiger charge is -2.37. The quantitative estimate of drug-likeness (QED) is 0.127. The van der Waals surface area contributed by atoms with Gasteiger partial charge in [-0.2, -0.15) is 8.78 Å². The summed E-state index contributed by atoms with van der Waals surface area (Å²) in [6.45, 7) is 8.21. The molecule has 0 amide bonds. The van der Waals surface area contributed by atoms with Gasteiger partial charge in [-0.25, -0.2) is 22.0 Å². The van der Waals surface area contributed by atoms with Gasteiger partial charge in [0.2, 0.25) is 0 Å². The molecule has 46 heavy (non-hydrogen) atoms. The highest BCUT2D eigenvalue weighted by Gasteiger charge is 2.41. The van der Waals surface area contributed by atoms with E-state index in [0.717, 1.165) is 35.7 Å². The Labute approximate surface area is 267 Å². The largest absolute Gasteiger partial charge is 0.432 e. The molecule has 2 fully saturated rings. The predicted molar refractivity (Wildman–Crippen MR) is 168 cm³/mol. The molecule has 0 heterocycles. The second-order valence-electron chi connectivity index (χ2n) is 12.7. The van der Waals surface area contributed by atoms with E-state index >= 15 is 0 Å². The van der Waals surface area contributed by atoms with Gasteiger partial charge in [-0.05, 0) is 97.4 Å². The van der Waals surface area contributed by atoms with E-state index in [4.69, 9.17) is 0 Å². The van der Waals surface area contributed by atoms with E-state index < -0.39 is 46.5 Å². The van der Waals surface area contributed by atoms with Crippen LogP contribution in [0.15, 0.2) is 61.2 Å². The van der Waals surface area contributed by atoms with Crippen molar-refractivity contribution in [3.8, 4) is 16.9 Å². The van der Waals surface area contributed by atoms with Gasteiger partial charge in [0.05, 0.1) is 0 Å². The second kappa shape index (κ2) is 16.0. The monoisotopic (exact) mass is 648 g/mol. The topological polar surface area (TPSA) is 9.23 Å². The average Bonchev–Trinajstić information content (AvgIpc) is 3.04. The number of halogens is 7. The molecule has 2 aliphatic rings. The Kier molecular flexibility index (Phi) is 12.4. The molecule has 0 atom stereocenters. The summed E-state index contributed by atoms with van der Waals surface area (Å²) in [6.07, 6.45) is 13.1. The fraction of sp³-hybridized carbons (Fsp3) is 0.474. The lowest BCUT2D eigenvalue weighted by molar-refractivity contribution is -0.189. The molecular formula is C38H43F7O. The SMILES string of the molecule is C=CC1CCC(C2CCC(CCC)CC2)CC1.CCc1ccc(-c2cc(F)c(C(F)(F)Oc3cc(F)c(F)c(F)c3)c(F)c2)cc1. The molecule has 0 N–H and O–H groups in total. The first kappa shape index (κ1) is 35.6. The lowest BCUT2D eigenvalue weighted by Crippen LogP contribution is -2.25. The van der Waals surface area contributed by atoms with E-state index in [1.165, 1.54) is 64.2 Å². The number of rotatable bonds is 9. The number of allylic oxidation sites excluding steroid dienone is 1. The minimum atomic E-state index is -4.62. The number of aryl methyl sites for hydroxylation is 1. The fourth-order valence-electron chi connectivity index (χ4n) is 6.95. The molecule has 250 valence electrons. The van der Waals surface area contributed by atoms with Crippen LogP contribution in [0, 0.1) is 52.8 Å². The smallest absolute Gasteiger partial charge is 0.429 e. The highest BCUT2D eigenvalue weighted by Crippen LogP contribution is 2.42. The zero-order valence-electron chi connectivity index (χ0n) is 26.5. The van der Waals surface area contributed by atoms with Gasteiger partial charge in [0.25, 0.3) is 0 Å². The minimum Gasteiger partial charge on any atom is -0.429 e. The summed E-state index contributed by atoms with van der Waals surface area (Å²) in [5, 5.41) is 0. The van der Waals surface area contributed by atoms with E-state index in [2.05, 4.69) is 24.3 Å². The fourth-order valence-corrected chi connectivity index (χ4v) is 6.95. The van der Waals surface area contributed by atoms with E-state index in [-0.39, 0.29) is 17.7 Å². The van der Waals surface area contributed by atoms with Gasteiger partial charge < -0.3 is 4.74 Å². The van der Waals surface area contributed by atoms with Gasteiger partial charge in [-0.3, -0.25) is 0 Å². The van der Waals surface area contributed by atoms with Crippen molar-refractivity contribution in [2.24, 2.45) is 23.7 Å². The molecule has 3 aromatic carbocycles. The minimum absolute atomic E-state index is 0.0149. The van der Waals surface area contributed by atoms with Crippen LogP contribution in [-0.2, 0) is 12.5 Å². The van der Waals surface area contributed by atoms with Crippen molar-refractivity contribution in [3.63, 3.8) is 0 Å². The Balaban J connectivity index is 0.000000240. The normalized spacial score (nSPS) is 21.7. The Hall–Kier alpha value is -3.29. The van der Waals surface area contributed by atoms with Crippen molar-refractivity contribution in [2.75, 3.05) is 0 Å². The Morgan fingerprint density at radius 3 is 1.72 bits per heavy atom. The van der Waals surface area contributed by atoms with Crippen molar-refractivity contribution >= 4 is 0 Å². The van der Waals surface area contributed by atoms with Crippen molar-refractivity contribution in [1.29, 1.82) is 0 Å². The van der Waals surface area contributed by atoms with E-state index in [1.807, 2.05) is 6.92 Å². The molecule has 0 aliphatic heterocycles. The molecule has 0 aromatic heterocycles. The maximum absolute atomic E-state index is 14.4. The molecule has 0 saturated heterocycles. The van der Waals surface area contributed by atoms with Gasteiger partial charge in [-0.15, -0.1) is 6.58 Å². The summed E-state index contributed by atoms with van der Waals surface area (Å²) in [5.41, 5.74) is -0.346. The van der Waals surface area contributed by atoms with Gasteiger partial charge in [-0.1, -0.05) is 69.9 Å². The Bertz CT molecular complexity index is 1390. The predicted octanol–water partition coefficient (Wildman–Crippen LogP) is 12.3. The average molecular weight is 649 g/mol. The first-order valence-corrected chi connectivity index (χ1v) is 16.4. The van der Waals surface area contributed by atoms with Crippen LogP contribution < -0.4 is 4.74 Å². The molecule has 2 aliphatic carbocycles. The molecule has 5 rings (SSSR count). The lowest BCUT2D eigenvalue weighted by atomic mass is 9.69. The number of ether oxygens (including phenoxy) is 1.